The summed E-state index contributed by atoms with van der Waals surface area (Å²) in [6, 6.07) is 11.2. The average molecular weight is 352 g/mol. The fourth-order valence-electron chi connectivity index (χ4n) is 3.21. The van der Waals surface area contributed by atoms with Crippen LogP contribution in [0.2, 0.25) is 0 Å². The molecule has 2 N–H and O–H groups in total. The number of carbonyl (C=O) groups excluding carboxylic acids is 1. The molecule has 26 heavy (non-hydrogen) atoms. The molecule has 2 heterocycles. The summed E-state index contributed by atoms with van der Waals surface area (Å²) in [6.07, 6.45) is 6.44. The number of nitrogens with zero attached hydrogens (tertiary/aromatic N) is 2. The topological polar surface area (TPSA) is 93.2 Å². The first-order valence-electron chi connectivity index (χ1n) is 8.80. The largest absolute Gasteiger partial charge is 0.461 e. The number of hydrogen-bond acceptors (Lipinski definition) is 5. The van der Waals surface area contributed by atoms with Gasteiger partial charge in [0.15, 0.2) is 5.76 Å². The Morgan fingerprint density at radius 2 is 2.00 bits per heavy atom. The molecule has 0 bridgehead atoms. The molecule has 2 aromatic heterocycles. The lowest BCUT2D eigenvalue weighted by Crippen LogP contribution is -2.36. The lowest BCUT2D eigenvalue weighted by atomic mass is 10.1. The van der Waals surface area contributed by atoms with Gasteiger partial charge >= 0.3 is 6.03 Å². The Hall–Kier alpha value is -3.09. The Labute approximate surface area is 150 Å². The van der Waals surface area contributed by atoms with Crippen molar-refractivity contribution in [2.24, 2.45) is 0 Å². The van der Waals surface area contributed by atoms with Crippen molar-refractivity contribution in [3.63, 3.8) is 0 Å². The van der Waals surface area contributed by atoms with Gasteiger partial charge in [0.1, 0.15) is 0 Å². The van der Waals surface area contributed by atoms with Gasteiger partial charge < -0.3 is 19.6 Å². The molecule has 134 valence electrons. The van der Waals surface area contributed by atoms with Gasteiger partial charge in [-0.1, -0.05) is 36.2 Å². The normalized spacial score (nSPS) is 14.5. The maximum absolute atomic E-state index is 12.2. The van der Waals surface area contributed by atoms with E-state index in [0.717, 1.165) is 24.1 Å². The molecule has 0 aliphatic heterocycles. The van der Waals surface area contributed by atoms with Gasteiger partial charge in [-0.05, 0) is 36.6 Å². The Kier molecular flexibility index (Phi) is 4.68. The van der Waals surface area contributed by atoms with Gasteiger partial charge in [0, 0.05) is 11.7 Å². The second-order valence-electron chi connectivity index (χ2n) is 6.40. The molecule has 3 aromatic rings. The molecule has 1 aliphatic rings. The standard InChI is InChI=1S/C19H20N4O3/c24-19(20-14-7-2-3-8-14)21-15-9-4-1-6-13(15)12-17-22-18(23-26-17)16-10-5-11-25-16/h1,4-6,9-11,14H,2-3,7-8,12H2,(H2,20,21,24). The van der Waals surface area contributed by atoms with Crippen molar-refractivity contribution in [3.05, 3.63) is 54.1 Å². The first-order valence-corrected chi connectivity index (χ1v) is 8.80. The molecule has 1 aromatic carbocycles. The summed E-state index contributed by atoms with van der Waals surface area (Å²) in [6.45, 7) is 0. The summed E-state index contributed by atoms with van der Waals surface area (Å²) in [4.78, 5) is 16.6. The molecule has 0 saturated heterocycles. The Morgan fingerprint density at radius 3 is 2.81 bits per heavy atom. The predicted molar refractivity (Wildman–Crippen MR) is 95.7 cm³/mol. The monoisotopic (exact) mass is 352 g/mol. The third-order valence-corrected chi connectivity index (χ3v) is 4.51. The van der Waals surface area contributed by atoms with Crippen molar-refractivity contribution in [1.82, 2.24) is 15.5 Å². The number of nitrogens with one attached hydrogen (secondary N) is 2. The van der Waals surface area contributed by atoms with Crippen LogP contribution in [0.5, 0.6) is 0 Å². The molecule has 0 radical (unpaired) electrons. The van der Waals surface area contributed by atoms with Gasteiger partial charge in [-0.25, -0.2) is 4.79 Å². The van der Waals surface area contributed by atoms with E-state index in [4.69, 9.17) is 8.94 Å². The maximum atomic E-state index is 12.2. The fraction of sp³-hybridized carbons (Fsp3) is 0.316. The van der Waals surface area contributed by atoms with Gasteiger partial charge in [-0.15, -0.1) is 0 Å². The van der Waals surface area contributed by atoms with Crippen LogP contribution in [0.4, 0.5) is 10.5 Å². The number of anilines is 1. The van der Waals surface area contributed by atoms with E-state index in [2.05, 4.69) is 20.8 Å². The number of rotatable bonds is 5. The molecule has 0 atom stereocenters. The molecule has 4 rings (SSSR count). The van der Waals surface area contributed by atoms with Gasteiger partial charge in [0.25, 0.3) is 0 Å². The second-order valence-corrected chi connectivity index (χ2v) is 6.40. The molecule has 0 spiro atoms. The molecular formula is C19H20N4O3. The minimum Gasteiger partial charge on any atom is -0.461 e. The van der Waals surface area contributed by atoms with E-state index >= 15 is 0 Å². The summed E-state index contributed by atoms with van der Waals surface area (Å²) < 4.78 is 10.6. The number of urea groups is 1. The minimum atomic E-state index is -0.175. The maximum Gasteiger partial charge on any atom is 0.319 e. The van der Waals surface area contributed by atoms with E-state index in [0.29, 0.717) is 23.9 Å². The first kappa shape index (κ1) is 16.4. The number of amides is 2. The third-order valence-electron chi connectivity index (χ3n) is 4.51. The molecule has 2 amide bonds. The molecule has 1 aliphatic carbocycles. The molecule has 0 unspecified atom stereocenters. The fourth-order valence-corrected chi connectivity index (χ4v) is 3.21. The highest BCUT2D eigenvalue weighted by Gasteiger charge is 2.18. The van der Waals surface area contributed by atoms with Crippen molar-refractivity contribution in [3.8, 4) is 11.6 Å². The Morgan fingerprint density at radius 1 is 1.15 bits per heavy atom. The highest BCUT2D eigenvalue weighted by molar-refractivity contribution is 5.90. The van der Waals surface area contributed by atoms with Crippen LogP contribution in [-0.2, 0) is 6.42 Å². The van der Waals surface area contributed by atoms with Gasteiger partial charge in [0.2, 0.25) is 11.7 Å². The molecule has 1 saturated carbocycles. The summed E-state index contributed by atoms with van der Waals surface area (Å²) in [5.74, 6) is 1.43. The van der Waals surface area contributed by atoms with Crippen LogP contribution in [0.15, 0.2) is 51.6 Å². The number of para-hydroxylation sites is 1. The minimum absolute atomic E-state index is 0.175. The van der Waals surface area contributed by atoms with Crippen LogP contribution in [0.3, 0.4) is 0 Å². The predicted octanol–water partition coefficient (Wildman–Crippen LogP) is 3.98. The van der Waals surface area contributed by atoms with E-state index in [1.165, 1.54) is 12.8 Å². The zero-order chi connectivity index (χ0) is 17.8. The smallest absolute Gasteiger partial charge is 0.319 e. The average Bonchev–Trinajstić information content (AvgIpc) is 3.38. The number of carbonyl (C=O) groups is 1. The van der Waals surface area contributed by atoms with Gasteiger partial charge in [-0.2, -0.15) is 4.98 Å². The van der Waals surface area contributed by atoms with Gasteiger partial charge in [-0.3, -0.25) is 0 Å². The summed E-state index contributed by atoms with van der Waals surface area (Å²) in [5.41, 5.74) is 1.64. The zero-order valence-corrected chi connectivity index (χ0v) is 14.3. The molecule has 7 nitrogen and oxygen atoms in total. The molecular weight excluding hydrogens is 332 g/mol. The highest BCUT2D eigenvalue weighted by Crippen LogP contribution is 2.22. The van der Waals surface area contributed by atoms with Crippen molar-refractivity contribution in [2.45, 2.75) is 38.1 Å². The van der Waals surface area contributed by atoms with Crippen LogP contribution < -0.4 is 10.6 Å². The SMILES string of the molecule is O=C(Nc1ccccc1Cc1nc(-c2ccco2)no1)NC1CCCC1. The van der Waals surface area contributed by atoms with Crippen LogP contribution in [0.25, 0.3) is 11.6 Å². The third kappa shape index (κ3) is 3.77. The lowest BCUT2D eigenvalue weighted by Gasteiger charge is -2.14. The quantitative estimate of drug-likeness (QED) is 0.724. The van der Waals surface area contributed by atoms with E-state index in [1.54, 1.807) is 18.4 Å². The van der Waals surface area contributed by atoms with Crippen LogP contribution in [0.1, 0.15) is 37.1 Å². The Bertz CT molecular complexity index is 867. The first-order chi connectivity index (χ1) is 12.8. The summed E-state index contributed by atoms with van der Waals surface area (Å²) in [7, 11) is 0. The van der Waals surface area contributed by atoms with Crippen molar-refractivity contribution >= 4 is 11.7 Å². The van der Waals surface area contributed by atoms with Crippen LogP contribution in [0, 0.1) is 0 Å². The number of benzene rings is 1. The number of hydrogen-bond donors (Lipinski definition) is 2. The Balaban J connectivity index is 1.44. The highest BCUT2D eigenvalue weighted by atomic mass is 16.5. The molecule has 7 heteroatoms. The second kappa shape index (κ2) is 7.43. The van der Waals surface area contributed by atoms with Crippen molar-refractivity contribution in [2.75, 3.05) is 5.32 Å². The summed E-state index contributed by atoms with van der Waals surface area (Å²) >= 11 is 0. The van der Waals surface area contributed by atoms with E-state index in [9.17, 15) is 4.79 Å². The summed E-state index contributed by atoms with van der Waals surface area (Å²) in [5, 5.41) is 9.90. The van der Waals surface area contributed by atoms with Crippen molar-refractivity contribution in [1.29, 1.82) is 0 Å². The van der Waals surface area contributed by atoms with E-state index < -0.39 is 0 Å². The van der Waals surface area contributed by atoms with Gasteiger partial charge in [0.05, 0.1) is 12.7 Å². The van der Waals surface area contributed by atoms with E-state index in [-0.39, 0.29) is 12.1 Å². The lowest BCUT2D eigenvalue weighted by molar-refractivity contribution is 0.248. The van der Waals surface area contributed by atoms with Crippen LogP contribution in [-0.4, -0.2) is 22.2 Å². The van der Waals surface area contributed by atoms with Crippen LogP contribution >= 0.6 is 0 Å². The van der Waals surface area contributed by atoms with Crippen molar-refractivity contribution < 1.29 is 13.7 Å². The number of aromatic nitrogens is 2. The molecule has 1 fully saturated rings. The van der Waals surface area contributed by atoms with E-state index in [1.807, 2.05) is 24.3 Å². The number of furan rings is 1. The zero-order valence-electron chi connectivity index (χ0n) is 14.3.